The Morgan fingerprint density at radius 3 is 2.44 bits per heavy atom. The quantitative estimate of drug-likeness (QED) is 0.861. The molecule has 0 radical (unpaired) electrons. The van der Waals surface area contributed by atoms with E-state index < -0.39 is 11.6 Å². The van der Waals surface area contributed by atoms with E-state index in [1.165, 1.54) is 11.8 Å². The van der Waals surface area contributed by atoms with E-state index in [4.69, 9.17) is 10.5 Å². The summed E-state index contributed by atoms with van der Waals surface area (Å²) in [6.07, 6.45) is 0. The van der Waals surface area contributed by atoms with Gasteiger partial charge in [-0.15, -0.1) is 0 Å². The Kier molecular flexibility index (Phi) is 3.72. The summed E-state index contributed by atoms with van der Waals surface area (Å²) < 4.78 is 31.3. The predicted octanol–water partition coefficient (Wildman–Crippen LogP) is 3.71. The van der Waals surface area contributed by atoms with Gasteiger partial charge in [-0.3, -0.25) is 0 Å². The smallest absolute Gasteiger partial charge is 0.160 e. The molecule has 18 heavy (non-hydrogen) atoms. The zero-order valence-electron chi connectivity index (χ0n) is 9.61. The van der Waals surface area contributed by atoms with Crippen molar-refractivity contribution in [3.63, 3.8) is 0 Å². The first kappa shape index (κ1) is 12.7. The van der Waals surface area contributed by atoms with Crippen molar-refractivity contribution in [3.05, 3.63) is 48.0 Å². The van der Waals surface area contributed by atoms with E-state index in [0.717, 1.165) is 17.0 Å². The number of rotatable bonds is 3. The number of ether oxygens (including phenoxy) is 1. The molecule has 0 unspecified atom stereocenters. The van der Waals surface area contributed by atoms with Crippen molar-refractivity contribution in [2.24, 2.45) is 0 Å². The summed E-state index contributed by atoms with van der Waals surface area (Å²) in [5.74, 6) is -1.20. The van der Waals surface area contributed by atoms with E-state index in [1.54, 1.807) is 13.2 Å². The van der Waals surface area contributed by atoms with Crippen molar-refractivity contribution in [1.82, 2.24) is 0 Å². The zero-order chi connectivity index (χ0) is 13.1. The fourth-order valence-corrected chi connectivity index (χ4v) is 2.43. The van der Waals surface area contributed by atoms with Crippen LogP contribution in [0.4, 0.5) is 14.5 Å². The second-order valence-corrected chi connectivity index (χ2v) is 4.64. The van der Waals surface area contributed by atoms with Gasteiger partial charge in [0.1, 0.15) is 5.75 Å². The highest BCUT2D eigenvalue weighted by molar-refractivity contribution is 7.99. The maximum absolute atomic E-state index is 13.2. The van der Waals surface area contributed by atoms with Crippen molar-refractivity contribution in [1.29, 1.82) is 0 Å². The third-order valence-electron chi connectivity index (χ3n) is 2.34. The number of nitrogen functional groups attached to an aromatic ring is 1. The highest BCUT2D eigenvalue weighted by Gasteiger charge is 2.11. The van der Waals surface area contributed by atoms with Crippen molar-refractivity contribution < 1.29 is 13.5 Å². The Labute approximate surface area is 108 Å². The van der Waals surface area contributed by atoms with Crippen molar-refractivity contribution in [2.45, 2.75) is 9.79 Å². The molecule has 2 aromatic carbocycles. The Balaban J connectivity index is 2.37. The van der Waals surface area contributed by atoms with Crippen molar-refractivity contribution >= 4 is 17.4 Å². The fraction of sp³-hybridized carbons (Fsp3) is 0.0769. The van der Waals surface area contributed by atoms with E-state index in [9.17, 15) is 8.78 Å². The first-order valence-electron chi connectivity index (χ1n) is 5.17. The highest BCUT2D eigenvalue weighted by Crippen LogP contribution is 2.38. The van der Waals surface area contributed by atoms with Crippen LogP contribution in [0.25, 0.3) is 0 Å². The lowest BCUT2D eigenvalue weighted by atomic mass is 10.3. The molecule has 0 heterocycles. The van der Waals surface area contributed by atoms with Gasteiger partial charge < -0.3 is 10.5 Å². The van der Waals surface area contributed by atoms with Crippen LogP contribution >= 0.6 is 11.8 Å². The summed E-state index contributed by atoms with van der Waals surface area (Å²) in [6, 6.07) is 9.34. The molecule has 0 saturated carbocycles. The van der Waals surface area contributed by atoms with E-state index in [1.807, 2.05) is 18.2 Å². The average Bonchev–Trinajstić information content (AvgIpc) is 2.36. The summed E-state index contributed by atoms with van der Waals surface area (Å²) in [5.41, 5.74) is 5.86. The third-order valence-corrected chi connectivity index (χ3v) is 3.47. The molecule has 0 bridgehead atoms. The molecule has 0 atom stereocenters. The topological polar surface area (TPSA) is 35.2 Å². The highest BCUT2D eigenvalue weighted by atomic mass is 32.2. The maximum Gasteiger partial charge on any atom is 0.160 e. The molecule has 94 valence electrons. The van der Waals surface area contributed by atoms with E-state index in [-0.39, 0.29) is 5.69 Å². The minimum atomic E-state index is -0.947. The molecule has 2 nitrogen and oxygen atoms in total. The maximum atomic E-state index is 13.2. The molecule has 0 aliphatic heterocycles. The standard InChI is InChI=1S/C13H11F2NOS/c1-17-11-4-2-3-5-12(11)18-13-7-9(15)8(14)6-10(13)16/h2-7H,16H2,1H3. The molecule has 0 aliphatic rings. The van der Waals surface area contributed by atoms with Gasteiger partial charge in [0, 0.05) is 16.6 Å². The normalized spacial score (nSPS) is 10.4. The minimum absolute atomic E-state index is 0.199. The first-order chi connectivity index (χ1) is 8.61. The van der Waals surface area contributed by atoms with Gasteiger partial charge in [0.15, 0.2) is 11.6 Å². The number of hydrogen-bond acceptors (Lipinski definition) is 3. The lowest BCUT2D eigenvalue weighted by Gasteiger charge is -2.09. The van der Waals surface area contributed by atoms with Crippen LogP contribution < -0.4 is 10.5 Å². The molecule has 2 rings (SSSR count). The molecule has 0 amide bonds. The second-order valence-electron chi connectivity index (χ2n) is 3.56. The van der Waals surface area contributed by atoms with Gasteiger partial charge in [0.05, 0.1) is 12.0 Å². The van der Waals surface area contributed by atoms with Gasteiger partial charge in [-0.25, -0.2) is 8.78 Å². The number of nitrogens with two attached hydrogens (primary N) is 1. The summed E-state index contributed by atoms with van der Waals surface area (Å²) in [4.78, 5) is 1.25. The molecule has 5 heteroatoms. The molecule has 0 aliphatic carbocycles. The number of methoxy groups -OCH3 is 1. The van der Waals surface area contributed by atoms with E-state index in [2.05, 4.69) is 0 Å². The number of para-hydroxylation sites is 1. The lowest BCUT2D eigenvalue weighted by Crippen LogP contribution is -1.94. The second kappa shape index (κ2) is 5.27. The van der Waals surface area contributed by atoms with Gasteiger partial charge in [-0.2, -0.15) is 0 Å². The van der Waals surface area contributed by atoms with Crippen molar-refractivity contribution in [2.75, 3.05) is 12.8 Å². The number of anilines is 1. The molecule has 0 saturated heterocycles. The Bertz CT molecular complexity index is 575. The van der Waals surface area contributed by atoms with Crippen LogP contribution in [-0.2, 0) is 0 Å². The van der Waals surface area contributed by atoms with Gasteiger partial charge in [0.25, 0.3) is 0 Å². The van der Waals surface area contributed by atoms with E-state index in [0.29, 0.717) is 10.6 Å². The average molecular weight is 267 g/mol. The monoisotopic (exact) mass is 267 g/mol. The molecular weight excluding hydrogens is 256 g/mol. The van der Waals surface area contributed by atoms with Crippen LogP contribution in [0.2, 0.25) is 0 Å². The Hall–Kier alpha value is -1.75. The van der Waals surface area contributed by atoms with Crippen molar-refractivity contribution in [3.8, 4) is 5.75 Å². The zero-order valence-corrected chi connectivity index (χ0v) is 10.4. The van der Waals surface area contributed by atoms with Gasteiger partial charge in [-0.1, -0.05) is 23.9 Å². The number of hydrogen-bond donors (Lipinski definition) is 1. The SMILES string of the molecule is COc1ccccc1Sc1cc(F)c(F)cc1N. The van der Waals surface area contributed by atoms with E-state index >= 15 is 0 Å². The number of halogens is 2. The molecule has 2 N–H and O–H groups in total. The third kappa shape index (κ3) is 2.56. The summed E-state index contributed by atoms with van der Waals surface area (Å²) in [6.45, 7) is 0. The number of benzene rings is 2. The molecular formula is C13H11F2NOS. The Morgan fingerprint density at radius 1 is 1.06 bits per heavy atom. The van der Waals surface area contributed by atoms with Crippen LogP contribution in [0.3, 0.4) is 0 Å². The molecule has 0 spiro atoms. The minimum Gasteiger partial charge on any atom is -0.496 e. The largest absolute Gasteiger partial charge is 0.496 e. The van der Waals surface area contributed by atoms with Crippen LogP contribution in [0.5, 0.6) is 5.75 Å². The van der Waals surface area contributed by atoms with Gasteiger partial charge in [-0.05, 0) is 18.2 Å². The first-order valence-corrected chi connectivity index (χ1v) is 5.99. The lowest BCUT2D eigenvalue weighted by molar-refractivity contribution is 0.405. The van der Waals surface area contributed by atoms with Crippen LogP contribution in [0.1, 0.15) is 0 Å². The molecule has 2 aromatic rings. The van der Waals surface area contributed by atoms with Crippen LogP contribution in [0, 0.1) is 11.6 Å². The summed E-state index contributed by atoms with van der Waals surface area (Å²) in [7, 11) is 1.55. The van der Waals surface area contributed by atoms with Gasteiger partial charge >= 0.3 is 0 Å². The van der Waals surface area contributed by atoms with Crippen LogP contribution in [-0.4, -0.2) is 7.11 Å². The predicted molar refractivity (Wildman–Crippen MR) is 67.9 cm³/mol. The van der Waals surface area contributed by atoms with Gasteiger partial charge in [0.2, 0.25) is 0 Å². The van der Waals surface area contributed by atoms with Crippen LogP contribution in [0.15, 0.2) is 46.2 Å². The summed E-state index contributed by atoms with van der Waals surface area (Å²) >= 11 is 1.23. The molecule has 0 aromatic heterocycles. The fourth-order valence-electron chi connectivity index (χ4n) is 1.45. The molecule has 0 fully saturated rings. The summed E-state index contributed by atoms with van der Waals surface area (Å²) in [5, 5.41) is 0. The Morgan fingerprint density at radius 2 is 1.72 bits per heavy atom.